The lowest BCUT2D eigenvalue weighted by atomic mass is 10.3. The van der Waals surface area contributed by atoms with Gasteiger partial charge in [-0.1, -0.05) is 24.8 Å². The lowest BCUT2D eigenvalue weighted by molar-refractivity contribution is 0.112. The van der Waals surface area contributed by atoms with Crippen LogP contribution < -0.4 is 0 Å². The van der Waals surface area contributed by atoms with Crippen LogP contribution in [0.15, 0.2) is 35.8 Å². The number of rotatable bonds is 6. The Hall–Kier alpha value is -1.00. The van der Waals surface area contributed by atoms with Crippen molar-refractivity contribution in [2.24, 2.45) is 0 Å². The van der Waals surface area contributed by atoms with Gasteiger partial charge >= 0.3 is 0 Å². The van der Waals surface area contributed by atoms with Gasteiger partial charge in [-0.3, -0.25) is 0 Å². The molecule has 0 spiro atoms. The van der Waals surface area contributed by atoms with Crippen LogP contribution >= 0.6 is 0 Å². The Morgan fingerprint density at radius 3 is 2.35 bits per heavy atom. The summed E-state index contributed by atoms with van der Waals surface area (Å²) in [6.45, 7) is 14.1. The van der Waals surface area contributed by atoms with Crippen LogP contribution in [0, 0.1) is 0 Å². The molecular weight excluding hydrogens is 232 g/mol. The van der Waals surface area contributed by atoms with Gasteiger partial charge in [-0.25, -0.2) is 0 Å². The molecule has 1 heterocycles. The van der Waals surface area contributed by atoms with E-state index < -0.39 is 8.07 Å². The molecule has 0 aromatic heterocycles. The average Bonchev–Trinajstić information content (AvgIpc) is 2.26. The maximum atomic E-state index is 5.51. The summed E-state index contributed by atoms with van der Waals surface area (Å²) in [6.07, 6.45) is 3.83. The predicted molar refractivity (Wildman–Crippen MR) is 71.9 cm³/mol. The fraction of sp³-hybridized carbons (Fsp3) is 0.538. The normalized spacial score (nSPS) is 15.5. The summed E-state index contributed by atoms with van der Waals surface area (Å²) in [5, 5.41) is 1.25. The van der Waals surface area contributed by atoms with Gasteiger partial charge in [0.2, 0.25) is 0 Å². The molecule has 0 radical (unpaired) electrons. The molecule has 17 heavy (non-hydrogen) atoms. The van der Waals surface area contributed by atoms with Gasteiger partial charge < -0.3 is 14.2 Å². The highest BCUT2D eigenvalue weighted by molar-refractivity contribution is 6.83. The van der Waals surface area contributed by atoms with E-state index in [4.69, 9.17) is 14.2 Å². The second-order valence-corrected chi connectivity index (χ2v) is 10.2. The summed E-state index contributed by atoms with van der Waals surface area (Å²) in [5.41, 5.74) is 0. The molecule has 96 valence electrons. The first kappa shape index (κ1) is 14.1. The van der Waals surface area contributed by atoms with E-state index in [1.807, 2.05) is 6.92 Å². The van der Waals surface area contributed by atoms with Gasteiger partial charge in [-0.2, -0.15) is 0 Å². The van der Waals surface area contributed by atoms with E-state index in [1.165, 1.54) is 11.5 Å². The zero-order valence-corrected chi connectivity index (χ0v) is 12.2. The SMILES string of the molecule is C=C(CC1=C(COCC)OC=CO1)[Si](C)(C)C. The lowest BCUT2D eigenvalue weighted by Gasteiger charge is -2.23. The Morgan fingerprint density at radius 1 is 1.24 bits per heavy atom. The Labute approximate surface area is 105 Å². The summed E-state index contributed by atoms with van der Waals surface area (Å²) in [7, 11) is -1.33. The predicted octanol–water partition coefficient (Wildman–Crippen LogP) is 3.58. The summed E-state index contributed by atoms with van der Waals surface area (Å²) < 4.78 is 16.3. The van der Waals surface area contributed by atoms with Gasteiger partial charge in [0, 0.05) is 13.0 Å². The number of hydrogen-bond acceptors (Lipinski definition) is 3. The maximum Gasteiger partial charge on any atom is 0.167 e. The van der Waals surface area contributed by atoms with Crippen molar-refractivity contribution < 1.29 is 14.2 Å². The van der Waals surface area contributed by atoms with E-state index in [0.29, 0.717) is 13.2 Å². The monoisotopic (exact) mass is 254 g/mol. The van der Waals surface area contributed by atoms with Crippen LogP contribution in [-0.2, 0) is 14.2 Å². The molecule has 0 saturated carbocycles. The highest BCUT2D eigenvalue weighted by atomic mass is 28.3. The van der Waals surface area contributed by atoms with Gasteiger partial charge in [0.25, 0.3) is 0 Å². The van der Waals surface area contributed by atoms with E-state index >= 15 is 0 Å². The second kappa shape index (κ2) is 6.07. The van der Waals surface area contributed by atoms with Crippen LogP contribution in [0.25, 0.3) is 0 Å². The summed E-state index contributed by atoms with van der Waals surface area (Å²) in [5.74, 6) is 1.59. The van der Waals surface area contributed by atoms with Crippen molar-refractivity contribution in [3.63, 3.8) is 0 Å². The zero-order valence-electron chi connectivity index (χ0n) is 11.2. The minimum atomic E-state index is -1.33. The molecule has 0 N–H and O–H groups in total. The van der Waals surface area contributed by atoms with E-state index in [1.54, 1.807) is 6.26 Å². The van der Waals surface area contributed by atoms with Crippen molar-refractivity contribution in [3.8, 4) is 0 Å². The Kier molecular flexibility index (Phi) is 5.02. The van der Waals surface area contributed by atoms with Crippen molar-refractivity contribution in [2.75, 3.05) is 13.2 Å². The van der Waals surface area contributed by atoms with E-state index in [0.717, 1.165) is 17.9 Å². The highest BCUT2D eigenvalue weighted by Gasteiger charge is 2.22. The van der Waals surface area contributed by atoms with Crippen molar-refractivity contribution in [1.29, 1.82) is 0 Å². The molecule has 0 atom stereocenters. The molecule has 1 aliphatic rings. The van der Waals surface area contributed by atoms with Crippen molar-refractivity contribution in [2.45, 2.75) is 33.0 Å². The third-order valence-corrected chi connectivity index (χ3v) is 4.96. The first-order chi connectivity index (χ1) is 7.95. The molecule has 3 nitrogen and oxygen atoms in total. The van der Waals surface area contributed by atoms with Crippen LogP contribution in [0.4, 0.5) is 0 Å². The molecule has 0 bridgehead atoms. The van der Waals surface area contributed by atoms with Gasteiger partial charge in [-0.15, -0.1) is 6.58 Å². The van der Waals surface area contributed by atoms with Gasteiger partial charge in [-0.05, 0) is 6.92 Å². The topological polar surface area (TPSA) is 27.7 Å². The van der Waals surface area contributed by atoms with Crippen molar-refractivity contribution in [3.05, 3.63) is 35.8 Å². The first-order valence-electron chi connectivity index (χ1n) is 5.91. The molecule has 1 rings (SSSR count). The highest BCUT2D eigenvalue weighted by Crippen LogP contribution is 2.25. The average molecular weight is 254 g/mol. The van der Waals surface area contributed by atoms with Gasteiger partial charge in [0.1, 0.15) is 24.9 Å². The first-order valence-corrected chi connectivity index (χ1v) is 9.41. The smallest absolute Gasteiger partial charge is 0.167 e. The standard InChI is InChI=1S/C13H22O3Si/c1-6-14-10-13-12(15-7-8-16-13)9-11(2)17(3,4)5/h7-8H,2,6,9-10H2,1,3-5H3. The lowest BCUT2D eigenvalue weighted by Crippen LogP contribution is -2.24. The third-order valence-electron chi connectivity index (χ3n) is 2.66. The molecule has 0 unspecified atom stereocenters. The molecule has 1 aliphatic heterocycles. The zero-order chi connectivity index (χ0) is 12.9. The minimum absolute atomic E-state index is 0.454. The fourth-order valence-corrected chi connectivity index (χ4v) is 1.95. The molecule has 0 saturated heterocycles. The molecule has 0 aromatic rings. The number of hydrogen-bond donors (Lipinski definition) is 0. The summed E-state index contributed by atoms with van der Waals surface area (Å²) in [4.78, 5) is 0. The van der Waals surface area contributed by atoms with Crippen molar-refractivity contribution in [1.82, 2.24) is 0 Å². The Balaban J connectivity index is 2.70. The van der Waals surface area contributed by atoms with E-state index in [2.05, 4.69) is 26.2 Å². The summed E-state index contributed by atoms with van der Waals surface area (Å²) >= 11 is 0. The van der Waals surface area contributed by atoms with Crippen LogP contribution in [0.2, 0.25) is 19.6 Å². The minimum Gasteiger partial charge on any atom is -0.462 e. The Morgan fingerprint density at radius 2 is 1.82 bits per heavy atom. The van der Waals surface area contributed by atoms with Crippen LogP contribution in [-0.4, -0.2) is 21.3 Å². The quantitative estimate of drug-likeness (QED) is 0.678. The third kappa shape index (κ3) is 4.40. The molecule has 0 aromatic carbocycles. The maximum absolute atomic E-state index is 5.51. The molecule has 0 fully saturated rings. The fourth-order valence-electron chi connectivity index (χ4n) is 1.26. The summed E-state index contributed by atoms with van der Waals surface area (Å²) in [6, 6.07) is 0. The Bertz CT molecular complexity index is 337. The van der Waals surface area contributed by atoms with Crippen LogP contribution in [0.1, 0.15) is 13.3 Å². The van der Waals surface area contributed by atoms with E-state index in [-0.39, 0.29) is 0 Å². The van der Waals surface area contributed by atoms with E-state index in [9.17, 15) is 0 Å². The van der Waals surface area contributed by atoms with Crippen LogP contribution in [0.3, 0.4) is 0 Å². The molecule has 0 aliphatic carbocycles. The van der Waals surface area contributed by atoms with Crippen molar-refractivity contribution >= 4 is 8.07 Å². The second-order valence-electron chi connectivity index (χ2n) is 5.02. The van der Waals surface area contributed by atoms with Gasteiger partial charge in [0.05, 0.1) is 8.07 Å². The number of ether oxygens (including phenoxy) is 3. The molecule has 0 amide bonds. The molecular formula is C13H22O3Si. The van der Waals surface area contributed by atoms with Crippen LogP contribution in [0.5, 0.6) is 0 Å². The molecule has 4 heteroatoms. The van der Waals surface area contributed by atoms with Gasteiger partial charge in [0.15, 0.2) is 5.76 Å². The largest absolute Gasteiger partial charge is 0.462 e. The number of allylic oxidation sites excluding steroid dienone is 1.